The van der Waals surface area contributed by atoms with Crippen LogP contribution in [0.15, 0.2) is 54.6 Å². The van der Waals surface area contributed by atoms with Gasteiger partial charge >= 0.3 is 11.9 Å². The van der Waals surface area contributed by atoms with E-state index in [1.54, 1.807) is 24.3 Å². The Morgan fingerprint density at radius 3 is 1.96 bits per heavy atom. The third kappa shape index (κ3) is 7.76. The normalized spacial score (nSPS) is 9.29. The van der Waals surface area contributed by atoms with E-state index in [1.165, 1.54) is 0 Å². The first kappa shape index (κ1) is 18.9. The first-order chi connectivity index (χ1) is 11.5. The van der Waals surface area contributed by atoms with Gasteiger partial charge in [-0.2, -0.15) is 5.26 Å². The molecule has 2 N–H and O–H groups in total. The summed E-state index contributed by atoms with van der Waals surface area (Å²) < 4.78 is 0. The minimum Gasteiger partial charge on any atom is -0.481 e. The summed E-state index contributed by atoms with van der Waals surface area (Å²) in [5.41, 5.74) is 2.44. The van der Waals surface area contributed by atoms with Crippen molar-refractivity contribution in [3.63, 3.8) is 0 Å². The summed E-state index contributed by atoms with van der Waals surface area (Å²) >= 11 is 0. The molecule has 0 aliphatic carbocycles. The summed E-state index contributed by atoms with van der Waals surface area (Å²) in [6, 6.07) is 18.7. The molecule has 0 bridgehead atoms. The second kappa shape index (κ2) is 10.6. The number of nitrogens with zero attached hydrogens (tertiary/aromatic N) is 1. The van der Waals surface area contributed by atoms with Crippen LogP contribution in [0.4, 0.5) is 0 Å². The average Bonchev–Trinajstić information content (AvgIpc) is 2.60. The molecule has 2 aromatic rings. The molecule has 0 fully saturated rings. The minimum absolute atomic E-state index is 0.0681. The van der Waals surface area contributed by atoms with Gasteiger partial charge in [-0.05, 0) is 30.0 Å². The highest BCUT2D eigenvalue weighted by molar-refractivity contribution is 5.67. The number of rotatable bonds is 6. The van der Waals surface area contributed by atoms with E-state index in [9.17, 15) is 9.59 Å². The highest BCUT2D eigenvalue weighted by atomic mass is 16.4. The fourth-order valence-electron chi connectivity index (χ4n) is 1.98. The quantitative estimate of drug-likeness (QED) is 0.849. The van der Waals surface area contributed by atoms with Crippen molar-refractivity contribution in [2.24, 2.45) is 0 Å². The van der Waals surface area contributed by atoms with Gasteiger partial charge in [0.2, 0.25) is 0 Å². The van der Waals surface area contributed by atoms with Crippen LogP contribution in [-0.4, -0.2) is 22.2 Å². The summed E-state index contributed by atoms with van der Waals surface area (Å²) in [5, 5.41) is 25.5. The number of nitriles is 1. The van der Waals surface area contributed by atoms with Crippen LogP contribution in [0.5, 0.6) is 0 Å². The Hall–Kier alpha value is -3.13. The first-order valence-corrected chi connectivity index (χ1v) is 7.48. The molecule has 2 aromatic carbocycles. The van der Waals surface area contributed by atoms with Gasteiger partial charge in [-0.1, -0.05) is 48.5 Å². The topological polar surface area (TPSA) is 98.4 Å². The van der Waals surface area contributed by atoms with Crippen molar-refractivity contribution in [1.29, 1.82) is 5.26 Å². The molecule has 0 amide bonds. The minimum atomic E-state index is -0.840. The molecule has 5 heteroatoms. The molecule has 0 aromatic heterocycles. The van der Waals surface area contributed by atoms with E-state index in [-0.39, 0.29) is 12.8 Å². The van der Waals surface area contributed by atoms with Crippen molar-refractivity contribution in [2.75, 3.05) is 0 Å². The molecule has 0 spiro atoms. The molecule has 0 radical (unpaired) electrons. The van der Waals surface area contributed by atoms with Crippen LogP contribution in [0.25, 0.3) is 0 Å². The third-order valence-corrected chi connectivity index (χ3v) is 3.22. The second-order valence-corrected chi connectivity index (χ2v) is 5.04. The summed E-state index contributed by atoms with van der Waals surface area (Å²) in [4.78, 5) is 20.5. The molecule has 5 nitrogen and oxygen atoms in total. The Morgan fingerprint density at radius 2 is 1.38 bits per heavy atom. The van der Waals surface area contributed by atoms with Crippen molar-refractivity contribution in [2.45, 2.75) is 25.7 Å². The van der Waals surface area contributed by atoms with E-state index in [1.807, 2.05) is 36.4 Å². The molecule has 0 aliphatic heterocycles. The van der Waals surface area contributed by atoms with Crippen LogP contribution in [0.2, 0.25) is 0 Å². The van der Waals surface area contributed by atoms with E-state index in [4.69, 9.17) is 15.5 Å². The van der Waals surface area contributed by atoms with Gasteiger partial charge in [-0.3, -0.25) is 9.59 Å². The van der Waals surface area contributed by atoms with E-state index < -0.39 is 11.9 Å². The van der Waals surface area contributed by atoms with E-state index in [2.05, 4.69) is 0 Å². The monoisotopic (exact) mass is 325 g/mol. The Labute approximate surface area is 140 Å². The Balaban J connectivity index is 0.000000243. The van der Waals surface area contributed by atoms with Gasteiger partial charge in [-0.25, -0.2) is 0 Å². The predicted molar refractivity (Wildman–Crippen MR) is 89.5 cm³/mol. The largest absolute Gasteiger partial charge is 0.481 e. The van der Waals surface area contributed by atoms with Crippen molar-refractivity contribution in [1.82, 2.24) is 0 Å². The number of carbonyl (C=O) groups is 2. The lowest BCUT2D eigenvalue weighted by atomic mass is 10.0. The van der Waals surface area contributed by atoms with Crippen molar-refractivity contribution in [3.05, 3.63) is 71.3 Å². The lowest BCUT2D eigenvalue weighted by Gasteiger charge is -1.99. The maximum atomic E-state index is 10.3. The zero-order chi connectivity index (χ0) is 17.8. The Morgan fingerprint density at radius 1 is 0.833 bits per heavy atom. The highest BCUT2D eigenvalue weighted by Crippen LogP contribution is 2.09. The molecule has 0 heterocycles. The molecule has 24 heavy (non-hydrogen) atoms. The fraction of sp³-hybridized carbons (Fsp3) is 0.211. The molecule has 0 saturated heterocycles. The Kier molecular flexibility index (Phi) is 8.33. The highest BCUT2D eigenvalue weighted by Gasteiger charge is 2.03. The maximum Gasteiger partial charge on any atom is 0.303 e. The summed E-state index contributed by atoms with van der Waals surface area (Å²) in [6.07, 6.45) is 1.32. The number of carboxylic acids is 2. The second-order valence-electron chi connectivity index (χ2n) is 5.04. The molecule has 0 saturated carbocycles. The predicted octanol–water partition coefficient (Wildman–Crippen LogP) is 3.28. The van der Waals surface area contributed by atoms with Crippen molar-refractivity contribution in [3.8, 4) is 6.07 Å². The number of hydrogen-bond acceptors (Lipinski definition) is 3. The third-order valence-electron chi connectivity index (χ3n) is 3.22. The standard InChI is InChI=1S/C10H9NO2.C9H10O2/c11-7-9-4-2-1-3-8(9)5-6-10(12)13;10-9(11)7-6-8-4-2-1-3-5-8/h1-4H,5-6H2,(H,12,13);1-5H,6-7H2,(H,10,11). The maximum absolute atomic E-state index is 10.3. The molecular weight excluding hydrogens is 306 g/mol. The van der Waals surface area contributed by atoms with Crippen LogP contribution in [0.3, 0.4) is 0 Å². The molecule has 124 valence electrons. The van der Waals surface area contributed by atoms with Gasteiger partial charge in [0.15, 0.2) is 0 Å². The average molecular weight is 325 g/mol. The zero-order valence-corrected chi connectivity index (χ0v) is 13.2. The zero-order valence-electron chi connectivity index (χ0n) is 13.2. The van der Waals surface area contributed by atoms with E-state index >= 15 is 0 Å². The van der Waals surface area contributed by atoms with Crippen molar-refractivity contribution >= 4 is 11.9 Å². The smallest absolute Gasteiger partial charge is 0.303 e. The van der Waals surface area contributed by atoms with E-state index in [0.29, 0.717) is 18.4 Å². The molecular formula is C19H19NO4. The first-order valence-electron chi connectivity index (χ1n) is 7.48. The molecule has 0 unspecified atom stereocenters. The fourth-order valence-corrected chi connectivity index (χ4v) is 1.98. The van der Waals surface area contributed by atoms with Crippen LogP contribution in [0.1, 0.15) is 29.5 Å². The number of hydrogen-bond donors (Lipinski definition) is 2. The van der Waals surface area contributed by atoms with Crippen LogP contribution in [-0.2, 0) is 22.4 Å². The SMILES string of the molecule is N#Cc1ccccc1CCC(=O)O.O=C(O)CCc1ccccc1. The lowest BCUT2D eigenvalue weighted by Crippen LogP contribution is -1.98. The molecule has 0 atom stereocenters. The number of aryl methyl sites for hydroxylation is 2. The van der Waals surface area contributed by atoms with Gasteiger partial charge in [-0.15, -0.1) is 0 Å². The number of carboxylic acid groups (broad SMARTS) is 2. The van der Waals surface area contributed by atoms with Gasteiger partial charge in [0.25, 0.3) is 0 Å². The number of benzene rings is 2. The number of aliphatic carboxylic acids is 2. The summed E-state index contributed by atoms with van der Waals surface area (Å²) in [6.45, 7) is 0. The van der Waals surface area contributed by atoms with Gasteiger partial charge in [0.05, 0.1) is 11.6 Å². The molecule has 0 aliphatic rings. The summed E-state index contributed by atoms with van der Waals surface area (Å²) in [5.74, 6) is -1.58. The van der Waals surface area contributed by atoms with Gasteiger partial charge < -0.3 is 10.2 Å². The lowest BCUT2D eigenvalue weighted by molar-refractivity contribution is -0.138. The Bertz CT molecular complexity index is 705. The van der Waals surface area contributed by atoms with Crippen LogP contribution >= 0.6 is 0 Å². The van der Waals surface area contributed by atoms with Gasteiger partial charge in [0.1, 0.15) is 0 Å². The van der Waals surface area contributed by atoms with Crippen LogP contribution < -0.4 is 0 Å². The summed E-state index contributed by atoms with van der Waals surface area (Å²) in [7, 11) is 0. The van der Waals surface area contributed by atoms with Gasteiger partial charge in [0, 0.05) is 12.8 Å². The molecule has 2 rings (SSSR count). The van der Waals surface area contributed by atoms with E-state index in [0.717, 1.165) is 11.1 Å². The van der Waals surface area contributed by atoms with Crippen LogP contribution in [0, 0.1) is 11.3 Å². The van der Waals surface area contributed by atoms with Crippen molar-refractivity contribution < 1.29 is 19.8 Å².